The number of rotatable bonds is 9. The second-order valence-electron chi connectivity index (χ2n) is 9.16. The molecular formula is C21H39N3O4. The van der Waals surface area contributed by atoms with Crippen LogP contribution in [0.1, 0.15) is 55.4 Å². The molecule has 0 aliphatic rings. The van der Waals surface area contributed by atoms with Crippen molar-refractivity contribution in [3.8, 4) is 0 Å². The Morgan fingerprint density at radius 1 is 1.04 bits per heavy atom. The Bertz CT molecular complexity index is 591. The van der Waals surface area contributed by atoms with Crippen LogP contribution in [-0.2, 0) is 14.4 Å². The van der Waals surface area contributed by atoms with Gasteiger partial charge in [-0.15, -0.1) is 0 Å². The van der Waals surface area contributed by atoms with Crippen LogP contribution in [0.4, 0.5) is 0 Å². The van der Waals surface area contributed by atoms with Gasteiger partial charge in [-0.2, -0.15) is 0 Å². The summed E-state index contributed by atoms with van der Waals surface area (Å²) in [6.45, 7) is 15.0. The number of likely N-dealkylation sites (N-methyl/N-ethyl adjacent to an activating group) is 2. The molecule has 28 heavy (non-hydrogen) atoms. The minimum Gasteiger partial charge on any atom is -0.478 e. The summed E-state index contributed by atoms with van der Waals surface area (Å²) in [6.07, 6.45) is 1.59. The van der Waals surface area contributed by atoms with Gasteiger partial charge in [0.05, 0.1) is 12.1 Å². The molecule has 0 aliphatic heterocycles. The number of aliphatic carboxylic acids is 1. The van der Waals surface area contributed by atoms with Gasteiger partial charge in [0.1, 0.15) is 6.04 Å². The van der Waals surface area contributed by atoms with Crippen molar-refractivity contribution < 1.29 is 19.5 Å². The van der Waals surface area contributed by atoms with E-state index in [4.69, 9.17) is 0 Å². The predicted molar refractivity (Wildman–Crippen MR) is 112 cm³/mol. The normalized spacial score (nSPS) is 15.9. The summed E-state index contributed by atoms with van der Waals surface area (Å²) in [5.74, 6) is -1.39. The Kier molecular flexibility index (Phi) is 9.88. The highest BCUT2D eigenvalue weighted by atomic mass is 16.4. The Morgan fingerprint density at radius 3 is 1.86 bits per heavy atom. The topological polar surface area (TPSA) is 98.7 Å². The first-order chi connectivity index (χ1) is 12.6. The van der Waals surface area contributed by atoms with Crippen molar-refractivity contribution in [1.82, 2.24) is 15.5 Å². The summed E-state index contributed by atoms with van der Waals surface area (Å²) in [4.78, 5) is 38.8. The summed E-state index contributed by atoms with van der Waals surface area (Å²) in [6, 6.07) is -1.53. The number of carbonyl (C=O) groups excluding carboxylic acids is 2. The Hall–Kier alpha value is -1.89. The first kappa shape index (κ1) is 26.1. The second-order valence-corrected chi connectivity index (χ2v) is 9.16. The van der Waals surface area contributed by atoms with Crippen molar-refractivity contribution in [1.29, 1.82) is 0 Å². The first-order valence-electron chi connectivity index (χ1n) is 9.81. The lowest BCUT2D eigenvalue weighted by atomic mass is 9.84. The highest BCUT2D eigenvalue weighted by Crippen LogP contribution is 2.24. The first-order valence-corrected chi connectivity index (χ1v) is 9.81. The van der Waals surface area contributed by atoms with Crippen molar-refractivity contribution in [3.05, 3.63) is 11.6 Å². The Balaban J connectivity index is 5.80. The fourth-order valence-corrected chi connectivity index (χ4v) is 3.08. The molecule has 7 nitrogen and oxygen atoms in total. The number of hydrogen-bond donors (Lipinski definition) is 3. The number of carboxylic acids is 1. The molecule has 7 heteroatoms. The molecule has 0 fully saturated rings. The molecular weight excluding hydrogens is 358 g/mol. The van der Waals surface area contributed by atoms with Crippen LogP contribution in [0.5, 0.6) is 0 Å². The molecule has 3 N–H and O–H groups in total. The predicted octanol–water partition coefficient (Wildman–Crippen LogP) is 2.28. The van der Waals surface area contributed by atoms with Gasteiger partial charge in [-0.25, -0.2) is 4.79 Å². The third-order valence-electron chi connectivity index (χ3n) is 4.90. The maximum Gasteiger partial charge on any atom is 0.331 e. The van der Waals surface area contributed by atoms with Crippen molar-refractivity contribution in [2.45, 2.75) is 73.5 Å². The quantitative estimate of drug-likeness (QED) is 0.519. The zero-order valence-corrected chi connectivity index (χ0v) is 19.1. The van der Waals surface area contributed by atoms with Gasteiger partial charge in [0, 0.05) is 12.6 Å². The molecule has 0 aromatic carbocycles. The van der Waals surface area contributed by atoms with E-state index in [1.54, 1.807) is 20.2 Å². The lowest BCUT2D eigenvalue weighted by molar-refractivity contribution is -0.140. The SMILES string of the molecule is CN[C@H](C(=O)N[C@H](C(=O)N(C)C(C=C(C)C(=O)O)C(C)C)C(C)(C)C)C(C)C. The van der Waals surface area contributed by atoms with Crippen LogP contribution in [0, 0.1) is 17.3 Å². The molecule has 0 aliphatic carbocycles. The maximum atomic E-state index is 13.3. The number of nitrogens with one attached hydrogen (secondary N) is 2. The lowest BCUT2D eigenvalue weighted by Crippen LogP contribution is -2.59. The third-order valence-corrected chi connectivity index (χ3v) is 4.90. The van der Waals surface area contributed by atoms with Crippen LogP contribution in [0.2, 0.25) is 0 Å². The molecule has 0 aromatic rings. The van der Waals surface area contributed by atoms with Gasteiger partial charge in [0.2, 0.25) is 11.8 Å². The van der Waals surface area contributed by atoms with Crippen LogP contribution < -0.4 is 10.6 Å². The summed E-state index contributed by atoms with van der Waals surface area (Å²) in [5, 5.41) is 15.1. The molecule has 0 saturated carbocycles. The van der Waals surface area contributed by atoms with Crippen molar-refractivity contribution in [3.63, 3.8) is 0 Å². The molecule has 0 saturated heterocycles. The molecule has 0 bridgehead atoms. The van der Waals surface area contributed by atoms with Crippen LogP contribution in [-0.4, -0.2) is 60.0 Å². The van der Waals surface area contributed by atoms with Crippen molar-refractivity contribution in [2.24, 2.45) is 17.3 Å². The molecule has 0 heterocycles. The van der Waals surface area contributed by atoms with Crippen molar-refractivity contribution in [2.75, 3.05) is 14.1 Å². The van der Waals surface area contributed by atoms with E-state index in [0.717, 1.165) is 0 Å². The average Bonchev–Trinajstić information content (AvgIpc) is 2.54. The van der Waals surface area contributed by atoms with Gasteiger partial charge in [-0.05, 0) is 31.2 Å². The average molecular weight is 398 g/mol. The molecule has 0 aromatic heterocycles. The van der Waals surface area contributed by atoms with Crippen LogP contribution in [0.15, 0.2) is 11.6 Å². The molecule has 1 unspecified atom stereocenters. The summed E-state index contributed by atoms with van der Waals surface area (Å²) >= 11 is 0. The molecule has 2 amide bonds. The molecule has 162 valence electrons. The summed E-state index contributed by atoms with van der Waals surface area (Å²) < 4.78 is 0. The third kappa shape index (κ3) is 7.26. The summed E-state index contributed by atoms with van der Waals surface area (Å²) in [7, 11) is 3.38. The maximum absolute atomic E-state index is 13.3. The lowest BCUT2D eigenvalue weighted by Gasteiger charge is -2.38. The molecule has 0 radical (unpaired) electrons. The summed E-state index contributed by atoms with van der Waals surface area (Å²) in [5.41, 5.74) is -0.326. The van der Waals surface area contributed by atoms with E-state index in [2.05, 4.69) is 10.6 Å². The fourth-order valence-electron chi connectivity index (χ4n) is 3.08. The number of carboxylic acid groups (broad SMARTS) is 1. The van der Waals surface area contributed by atoms with Gasteiger partial charge in [-0.1, -0.05) is 54.5 Å². The van der Waals surface area contributed by atoms with Crippen LogP contribution in [0.25, 0.3) is 0 Å². The number of hydrogen-bond acceptors (Lipinski definition) is 4. The van der Waals surface area contributed by atoms with Crippen LogP contribution >= 0.6 is 0 Å². The monoisotopic (exact) mass is 397 g/mol. The second kappa shape index (κ2) is 10.6. The van der Waals surface area contributed by atoms with Gasteiger partial charge in [0.15, 0.2) is 0 Å². The standard InChI is InChI=1S/C21H39N3O4/c1-12(2)15(11-14(5)20(27)28)24(10)19(26)17(21(6,7)8)23-18(25)16(22-9)13(3)4/h11-13,15-17,22H,1-10H3,(H,23,25)(H,27,28)/t15?,16-,17+/m0/s1. The molecule has 0 rings (SSSR count). The van der Waals surface area contributed by atoms with Gasteiger partial charge < -0.3 is 20.6 Å². The minimum atomic E-state index is -1.01. The number of carbonyl (C=O) groups is 3. The van der Waals surface area contributed by atoms with E-state index in [9.17, 15) is 19.5 Å². The fraction of sp³-hybridized carbons (Fsp3) is 0.762. The zero-order valence-electron chi connectivity index (χ0n) is 19.1. The smallest absolute Gasteiger partial charge is 0.331 e. The van der Waals surface area contributed by atoms with E-state index in [1.165, 1.54) is 11.8 Å². The van der Waals surface area contributed by atoms with Crippen LogP contribution in [0.3, 0.4) is 0 Å². The van der Waals surface area contributed by atoms with Crippen molar-refractivity contribution >= 4 is 17.8 Å². The van der Waals surface area contributed by atoms with Gasteiger partial charge >= 0.3 is 5.97 Å². The molecule has 0 spiro atoms. The zero-order chi connectivity index (χ0) is 22.4. The van der Waals surface area contributed by atoms with E-state index in [1.807, 2.05) is 48.5 Å². The van der Waals surface area contributed by atoms with E-state index in [0.29, 0.717) is 0 Å². The highest BCUT2D eigenvalue weighted by Gasteiger charge is 2.38. The van der Waals surface area contributed by atoms with Gasteiger partial charge in [-0.3, -0.25) is 9.59 Å². The highest BCUT2D eigenvalue weighted by molar-refractivity contribution is 5.91. The van der Waals surface area contributed by atoms with E-state index in [-0.39, 0.29) is 29.2 Å². The minimum absolute atomic E-state index is 0.0142. The number of amides is 2. The largest absolute Gasteiger partial charge is 0.478 e. The number of nitrogens with zero attached hydrogens (tertiary/aromatic N) is 1. The Labute approximate surface area is 169 Å². The van der Waals surface area contributed by atoms with Gasteiger partial charge in [0.25, 0.3) is 0 Å². The molecule has 3 atom stereocenters. The Morgan fingerprint density at radius 2 is 1.54 bits per heavy atom. The van der Waals surface area contributed by atoms with E-state index < -0.39 is 29.5 Å². The van der Waals surface area contributed by atoms with E-state index >= 15 is 0 Å².